The number of rotatable bonds is 1. The van der Waals surface area contributed by atoms with Gasteiger partial charge in [0.2, 0.25) is 0 Å². The third-order valence-electron chi connectivity index (χ3n) is 13.4. The van der Waals surface area contributed by atoms with Crippen LogP contribution in [0.15, 0.2) is 11.6 Å². The molecule has 0 aromatic carbocycles. The lowest BCUT2D eigenvalue weighted by atomic mass is 9.33. The summed E-state index contributed by atoms with van der Waals surface area (Å²) >= 11 is 0. The fraction of sp³-hybridized carbons (Fsp3) is 0.900. The van der Waals surface area contributed by atoms with E-state index in [0.717, 1.165) is 38.5 Å². The number of aliphatic hydroxyl groups excluding tert-OH is 2. The highest BCUT2D eigenvalue weighted by atomic mass is 16.4. The van der Waals surface area contributed by atoms with Crippen molar-refractivity contribution in [2.45, 2.75) is 118 Å². The largest absolute Gasteiger partial charge is 0.481 e. The van der Waals surface area contributed by atoms with Crippen LogP contribution < -0.4 is 0 Å². The number of carboxylic acid groups (broad SMARTS) is 1. The van der Waals surface area contributed by atoms with Crippen LogP contribution in [-0.2, 0) is 4.79 Å². The topological polar surface area (TPSA) is 77.8 Å². The van der Waals surface area contributed by atoms with Gasteiger partial charge in [-0.3, -0.25) is 4.79 Å². The molecule has 3 N–H and O–H groups in total. The van der Waals surface area contributed by atoms with E-state index in [1.54, 1.807) is 0 Å². The van der Waals surface area contributed by atoms with E-state index in [9.17, 15) is 20.1 Å². The molecule has 0 amide bonds. The van der Waals surface area contributed by atoms with Gasteiger partial charge in [0, 0.05) is 5.41 Å². The Morgan fingerprint density at radius 1 is 0.824 bits per heavy atom. The van der Waals surface area contributed by atoms with Crippen LogP contribution >= 0.6 is 0 Å². The third kappa shape index (κ3) is 2.82. The first kappa shape index (κ1) is 24.8. The molecule has 192 valence electrons. The zero-order valence-electron chi connectivity index (χ0n) is 22.6. The van der Waals surface area contributed by atoms with Gasteiger partial charge in [-0.25, -0.2) is 0 Å². The molecule has 4 heteroatoms. The molecule has 4 saturated carbocycles. The van der Waals surface area contributed by atoms with Crippen LogP contribution in [0, 0.1) is 50.2 Å². The molecule has 0 aromatic heterocycles. The van der Waals surface area contributed by atoms with E-state index in [4.69, 9.17) is 0 Å². The summed E-state index contributed by atoms with van der Waals surface area (Å²) in [4.78, 5) is 12.3. The lowest BCUT2D eigenvalue weighted by molar-refractivity contribution is -0.208. The highest BCUT2D eigenvalue weighted by Gasteiger charge is 2.69. The Kier molecular flexibility index (Phi) is 5.20. The lowest BCUT2D eigenvalue weighted by Crippen LogP contribution is -2.65. The normalized spacial score (nSPS) is 56.3. The van der Waals surface area contributed by atoms with Gasteiger partial charge in [0.1, 0.15) is 0 Å². The molecule has 0 aromatic rings. The maximum Gasteiger partial charge on any atom is 0.309 e. The van der Waals surface area contributed by atoms with Crippen LogP contribution in [-0.4, -0.2) is 33.5 Å². The zero-order chi connectivity index (χ0) is 25.1. The zero-order valence-corrected chi connectivity index (χ0v) is 22.6. The monoisotopic (exact) mass is 472 g/mol. The molecule has 0 heterocycles. The summed E-state index contributed by atoms with van der Waals surface area (Å²) in [5.74, 6) is 0.463. The second-order valence-corrected chi connectivity index (χ2v) is 15.0. The van der Waals surface area contributed by atoms with E-state index in [2.05, 4.69) is 47.6 Å². The fourth-order valence-electron chi connectivity index (χ4n) is 10.6. The molecular formula is C30H48O4. The van der Waals surface area contributed by atoms with E-state index in [1.165, 1.54) is 12.0 Å². The lowest BCUT2D eigenvalue weighted by Gasteiger charge is -2.71. The standard InChI is InChI=1S/C30H48O4/c1-25(2)20-10-13-30(7)21(28(20,5)12-11-22(25)31)9-8-18-19-16-26(3,24(33)34)17-23(32)27(19,4)14-15-29(18,30)6/h8,19-23,31-32H,9-17H2,1-7H3,(H,33,34)/t19-,20?,21-,22-,23+,26-,27-,28+,29-,30-/m1/s1. The molecule has 4 fully saturated rings. The van der Waals surface area contributed by atoms with Crippen molar-refractivity contribution in [1.29, 1.82) is 0 Å². The smallest absolute Gasteiger partial charge is 0.309 e. The Labute approximate surface area is 206 Å². The van der Waals surface area contributed by atoms with Gasteiger partial charge in [0.15, 0.2) is 0 Å². The number of carbonyl (C=O) groups is 1. The fourth-order valence-corrected chi connectivity index (χ4v) is 10.6. The van der Waals surface area contributed by atoms with Crippen LogP contribution in [0.2, 0.25) is 0 Å². The molecule has 0 aliphatic heterocycles. The van der Waals surface area contributed by atoms with Gasteiger partial charge in [-0.2, -0.15) is 0 Å². The van der Waals surface area contributed by atoms with Gasteiger partial charge < -0.3 is 15.3 Å². The van der Waals surface area contributed by atoms with Crippen molar-refractivity contribution in [3.05, 3.63) is 11.6 Å². The SMILES string of the molecule is CC1(C)C2CC[C@]3(C)[C@H](CC=C4[C@H]5C[C@@](C)(C(=O)O)C[C@H](O)[C@]5(C)CC[C@]43C)[C@@]2(C)CC[C@H]1O. The van der Waals surface area contributed by atoms with Gasteiger partial charge in [-0.1, -0.05) is 53.2 Å². The van der Waals surface area contributed by atoms with Gasteiger partial charge in [-0.05, 0) is 104 Å². The average Bonchev–Trinajstić information content (AvgIpc) is 2.73. The van der Waals surface area contributed by atoms with Crippen LogP contribution in [0.4, 0.5) is 0 Å². The number of carboxylic acids is 1. The number of hydrogen-bond donors (Lipinski definition) is 3. The van der Waals surface area contributed by atoms with Crippen molar-refractivity contribution < 1.29 is 20.1 Å². The van der Waals surface area contributed by atoms with Gasteiger partial charge in [0.25, 0.3) is 0 Å². The number of allylic oxidation sites excluding steroid dienone is 2. The first-order valence-corrected chi connectivity index (χ1v) is 13.9. The third-order valence-corrected chi connectivity index (χ3v) is 13.4. The maximum absolute atomic E-state index is 12.3. The van der Waals surface area contributed by atoms with E-state index in [1.807, 2.05) is 6.92 Å². The van der Waals surface area contributed by atoms with Gasteiger partial charge >= 0.3 is 5.97 Å². The first-order valence-electron chi connectivity index (χ1n) is 13.9. The van der Waals surface area contributed by atoms with Gasteiger partial charge in [-0.15, -0.1) is 0 Å². The summed E-state index contributed by atoms with van der Waals surface area (Å²) in [5.41, 5.74) is 0.706. The first-order chi connectivity index (χ1) is 15.6. The molecule has 5 rings (SSSR count). The number of aliphatic carboxylic acids is 1. The quantitative estimate of drug-likeness (QED) is 0.397. The van der Waals surface area contributed by atoms with E-state index in [0.29, 0.717) is 24.7 Å². The minimum atomic E-state index is -0.867. The number of aliphatic hydroxyl groups is 2. The van der Waals surface area contributed by atoms with Crippen molar-refractivity contribution in [2.24, 2.45) is 50.2 Å². The molecule has 0 radical (unpaired) electrons. The molecular weight excluding hydrogens is 424 g/mol. The average molecular weight is 473 g/mol. The van der Waals surface area contributed by atoms with E-state index < -0.39 is 17.5 Å². The predicted molar refractivity (Wildman–Crippen MR) is 134 cm³/mol. The van der Waals surface area contributed by atoms with Crippen molar-refractivity contribution in [3.63, 3.8) is 0 Å². The van der Waals surface area contributed by atoms with Crippen molar-refractivity contribution in [1.82, 2.24) is 0 Å². The van der Waals surface area contributed by atoms with Crippen molar-refractivity contribution in [3.8, 4) is 0 Å². The molecule has 5 aliphatic rings. The summed E-state index contributed by atoms with van der Waals surface area (Å²) in [6, 6.07) is 0. The number of fused-ring (bicyclic) bond motifs is 7. The van der Waals surface area contributed by atoms with Crippen LogP contribution in [0.1, 0.15) is 106 Å². The molecule has 0 spiro atoms. The molecule has 1 unspecified atom stereocenters. The second kappa shape index (κ2) is 7.12. The Morgan fingerprint density at radius 2 is 1.50 bits per heavy atom. The highest BCUT2D eigenvalue weighted by Crippen LogP contribution is 2.75. The highest BCUT2D eigenvalue weighted by molar-refractivity contribution is 5.74. The van der Waals surface area contributed by atoms with Crippen molar-refractivity contribution >= 4 is 5.97 Å². The van der Waals surface area contributed by atoms with E-state index in [-0.39, 0.29) is 39.1 Å². The van der Waals surface area contributed by atoms with Crippen molar-refractivity contribution in [2.75, 3.05) is 0 Å². The summed E-state index contributed by atoms with van der Waals surface area (Å²) in [7, 11) is 0. The summed E-state index contributed by atoms with van der Waals surface area (Å²) in [6.07, 6.45) is 10.1. The Morgan fingerprint density at radius 3 is 2.15 bits per heavy atom. The summed E-state index contributed by atoms with van der Waals surface area (Å²) in [5, 5.41) is 32.2. The van der Waals surface area contributed by atoms with Crippen LogP contribution in [0.5, 0.6) is 0 Å². The molecule has 10 atom stereocenters. The van der Waals surface area contributed by atoms with Crippen LogP contribution in [0.3, 0.4) is 0 Å². The predicted octanol–water partition coefficient (Wildman–Crippen LogP) is 6.20. The maximum atomic E-state index is 12.3. The van der Waals surface area contributed by atoms with E-state index >= 15 is 0 Å². The number of hydrogen-bond acceptors (Lipinski definition) is 3. The second-order valence-electron chi connectivity index (χ2n) is 15.0. The molecule has 0 saturated heterocycles. The molecule has 5 aliphatic carbocycles. The minimum Gasteiger partial charge on any atom is -0.481 e. The Balaban J connectivity index is 1.59. The summed E-state index contributed by atoms with van der Waals surface area (Å²) in [6.45, 7) is 16.2. The van der Waals surface area contributed by atoms with Gasteiger partial charge in [0.05, 0.1) is 17.6 Å². The Hall–Kier alpha value is -0.870. The minimum absolute atomic E-state index is 0.0325. The Bertz CT molecular complexity index is 923. The molecule has 34 heavy (non-hydrogen) atoms. The van der Waals surface area contributed by atoms with Crippen LogP contribution in [0.25, 0.3) is 0 Å². The summed E-state index contributed by atoms with van der Waals surface area (Å²) < 4.78 is 0. The molecule has 0 bridgehead atoms. The molecule has 4 nitrogen and oxygen atoms in total.